The topological polar surface area (TPSA) is 83.2 Å². The summed E-state index contributed by atoms with van der Waals surface area (Å²) >= 11 is 0. The Hall–Kier alpha value is -2.51. The Balaban J connectivity index is 2.07. The van der Waals surface area contributed by atoms with E-state index in [0.717, 1.165) is 12.3 Å². The molecule has 0 aliphatic rings. The van der Waals surface area contributed by atoms with Gasteiger partial charge < -0.3 is 15.2 Å². The molecule has 0 saturated heterocycles. The molecule has 0 atom stereocenters. The highest BCUT2D eigenvalue weighted by Gasteiger charge is 2.08. The summed E-state index contributed by atoms with van der Waals surface area (Å²) in [6, 6.07) is 0.979. The van der Waals surface area contributed by atoms with Crippen LogP contribution in [0.2, 0.25) is 0 Å². The van der Waals surface area contributed by atoms with Gasteiger partial charge in [-0.3, -0.25) is 0 Å². The minimum atomic E-state index is -0.746. The van der Waals surface area contributed by atoms with E-state index >= 15 is 0 Å². The van der Waals surface area contributed by atoms with Crippen LogP contribution in [0.25, 0.3) is 0 Å². The van der Waals surface area contributed by atoms with Crippen LogP contribution in [0.3, 0.4) is 0 Å². The van der Waals surface area contributed by atoms with E-state index in [1.807, 2.05) is 0 Å². The maximum atomic E-state index is 13.6. The van der Waals surface area contributed by atoms with Crippen molar-refractivity contribution in [1.82, 2.24) is 15.0 Å². The van der Waals surface area contributed by atoms with Crippen molar-refractivity contribution >= 4 is 5.82 Å². The molecule has 0 radical (unpaired) electrons. The smallest absolute Gasteiger partial charge is 0.318 e. The van der Waals surface area contributed by atoms with E-state index in [9.17, 15) is 8.78 Å². The quantitative estimate of drug-likeness (QED) is 0.900. The van der Waals surface area contributed by atoms with Crippen LogP contribution in [0.5, 0.6) is 11.9 Å². The van der Waals surface area contributed by atoms with Gasteiger partial charge in [0.25, 0.3) is 0 Å². The van der Waals surface area contributed by atoms with Gasteiger partial charge in [0.05, 0.1) is 13.3 Å². The normalized spacial score (nSPS) is 10.3. The average molecular weight is 268 g/mol. The summed E-state index contributed by atoms with van der Waals surface area (Å²) < 4.78 is 36.2. The summed E-state index contributed by atoms with van der Waals surface area (Å²) in [5.74, 6) is -1.46. The van der Waals surface area contributed by atoms with Crippen LogP contribution in [0.1, 0.15) is 5.56 Å². The highest BCUT2D eigenvalue weighted by molar-refractivity contribution is 5.29. The summed E-state index contributed by atoms with van der Waals surface area (Å²) in [4.78, 5) is 10.9. The lowest BCUT2D eigenvalue weighted by molar-refractivity contribution is 0.273. The molecule has 6 nitrogen and oxygen atoms in total. The van der Waals surface area contributed by atoms with Gasteiger partial charge in [-0.05, 0) is 0 Å². The molecule has 8 heteroatoms. The van der Waals surface area contributed by atoms with E-state index in [1.54, 1.807) is 0 Å². The van der Waals surface area contributed by atoms with E-state index in [0.29, 0.717) is 0 Å². The van der Waals surface area contributed by atoms with Crippen LogP contribution in [0.15, 0.2) is 18.5 Å². The molecular formula is C11H10F2N4O2. The average Bonchev–Trinajstić information content (AvgIpc) is 2.41. The molecule has 0 fully saturated rings. The number of rotatable bonds is 4. The molecule has 0 aromatic carbocycles. The van der Waals surface area contributed by atoms with Crippen molar-refractivity contribution in [2.45, 2.75) is 6.61 Å². The molecule has 0 saturated carbocycles. The third-order valence-corrected chi connectivity index (χ3v) is 2.22. The van der Waals surface area contributed by atoms with Crippen LogP contribution in [-0.4, -0.2) is 22.1 Å². The van der Waals surface area contributed by atoms with Gasteiger partial charge in [0.15, 0.2) is 11.6 Å². The first-order chi connectivity index (χ1) is 9.10. The van der Waals surface area contributed by atoms with E-state index in [2.05, 4.69) is 15.0 Å². The fourth-order valence-electron chi connectivity index (χ4n) is 1.23. The lowest BCUT2D eigenvalue weighted by Crippen LogP contribution is -2.05. The molecule has 100 valence electrons. The number of methoxy groups -OCH3 is 1. The van der Waals surface area contributed by atoms with Gasteiger partial charge >= 0.3 is 6.01 Å². The Kier molecular flexibility index (Phi) is 3.69. The first kappa shape index (κ1) is 12.9. The first-order valence-corrected chi connectivity index (χ1v) is 5.19. The summed E-state index contributed by atoms with van der Waals surface area (Å²) in [5.41, 5.74) is 5.44. The lowest BCUT2D eigenvalue weighted by atomic mass is 10.3. The molecule has 2 aromatic heterocycles. The third kappa shape index (κ3) is 3.03. The number of nitrogens with zero attached hydrogens (tertiary/aromatic N) is 3. The highest BCUT2D eigenvalue weighted by Crippen LogP contribution is 2.15. The number of nitrogens with two attached hydrogens (primary N) is 1. The maximum absolute atomic E-state index is 13.6. The van der Waals surface area contributed by atoms with E-state index in [-0.39, 0.29) is 29.9 Å². The van der Waals surface area contributed by atoms with Gasteiger partial charge in [-0.2, -0.15) is 4.98 Å². The zero-order valence-corrected chi connectivity index (χ0v) is 9.93. The molecule has 0 bridgehead atoms. The molecule has 2 N–H and O–H groups in total. The van der Waals surface area contributed by atoms with E-state index in [1.165, 1.54) is 13.3 Å². The predicted molar refractivity (Wildman–Crippen MR) is 61.5 cm³/mol. The van der Waals surface area contributed by atoms with Crippen molar-refractivity contribution in [1.29, 1.82) is 0 Å². The largest absolute Gasteiger partial charge is 0.481 e. The molecule has 0 aliphatic heterocycles. The lowest BCUT2D eigenvalue weighted by Gasteiger charge is -2.06. The van der Waals surface area contributed by atoms with E-state index in [4.69, 9.17) is 15.2 Å². The zero-order chi connectivity index (χ0) is 13.8. The van der Waals surface area contributed by atoms with E-state index < -0.39 is 11.6 Å². The van der Waals surface area contributed by atoms with Gasteiger partial charge in [-0.1, -0.05) is 0 Å². The molecule has 0 aliphatic carbocycles. The Bertz CT molecular complexity index is 595. The number of nitrogen functional groups attached to an aromatic ring is 1. The Morgan fingerprint density at radius 1 is 1.21 bits per heavy atom. The Morgan fingerprint density at radius 2 is 2.00 bits per heavy atom. The number of pyridine rings is 1. The number of hydrogen-bond acceptors (Lipinski definition) is 6. The second kappa shape index (κ2) is 5.42. The zero-order valence-electron chi connectivity index (χ0n) is 9.93. The van der Waals surface area contributed by atoms with Crippen molar-refractivity contribution in [3.05, 3.63) is 35.7 Å². The Morgan fingerprint density at radius 3 is 2.63 bits per heavy atom. The second-order valence-electron chi connectivity index (χ2n) is 3.49. The number of aromatic nitrogens is 3. The third-order valence-electron chi connectivity index (χ3n) is 2.22. The van der Waals surface area contributed by atoms with Gasteiger partial charge in [0, 0.05) is 17.8 Å². The van der Waals surface area contributed by atoms with Crippen LogP contribution in [0, 0.1) is 11.6 Å². The monoisotopic (exact) mass is 268 g/mol. The number of anilines is 1. The van der Waals surface area contributed by atoms with Crippen LogP contribution < -0.4 is 15.2 Å². The summed E-state index contributed by atoms with van der Waals surface area (Å²) in [5, 5.41) is 0. The van der Waals surface area contributed by atoms with Crippen LogP contribution in [-0.2, 0) is 6.61 Å². The molecule has 2 rings (SSSR count). The number of hydrogen-bond donors (Lipinski definition) is 1. The van der Waals surface area contributed by atoms with Crippen LogP contribution in [0.4, 0.5) is 14.6 Å². The highest BCUT2D eigenvalue weighted by atomic mass is 19.1. The molecular weight excluding hydrogens is 258 g/mol. The molecule has 19 heavy (non-hydrogen) atoms. The van der Waals surface area contributed by atoms with Gasteiger partial charge in [-0.25, -0.2) is 18.7 Å². The fourth-order valence-corrected chi connectivity index (χ4v) is 1.23. The molecule has 0 unspecified atom stereocenters. The van der Waals surface area contributed by atoms with Gasteiger partial charge in [0.1, 0.15) is 12.4 Å². The number of halogens is 2. The fraction of sp³-hybridized carbons (Fsp3) is 0.182. The van der Waals surface area contributed by atoms with Crippen molar-refractivity contribution in [3.8, 4) is 11.9 Å². The Labute approximate surface area is 107 Å². The number of ether oxygens (including phenoxy) is 2. The molecule has 2 heterocycles. The summed E-state index contributed by atoms with van der Waals surface area (Å²) in [6.07, 6.45) is 2.14. The minimum absolute atomic E-state index is 0.144. The summed E-state index contributed by atoms with van der Waals surface area (Å²) in [7, 11) is 1.38. The summed E-state index contributed by atoms with van der Waals surface area (Å²) in [6.45, 7) is -0.159. The SMILES string of the molecule is COc1cc(F)c(COc2ncc(F)c(N)n2)cn1. The van der Waals surface area contributed by atoms with Gasteiger partial charge in [-0.15, -0.1) is 0 Å². The molecule has 0 amide bonds. The van der Waals surface area contributed by atoms with Crippen molar-refractivity contribution < 1.29 is 18.3 Å². The van der Waals surface area contributed by atoms with Gasteiger partial charge in [0.2, 0.25) is 5.88 Å². The second-order valence-corrected chi connectivity index (χ2v) is 3.49. The predicted octanol–water partition coefficient (Wildman–Crippen LogP) is 1.32. The minimum Gasteiger partial charge on any atom is -0.481 e. The molecule has 2 aromatic rings. The standard InChI is InChI=1S/C11H10F2N4O2/c1-18-9-2-7(12)6(3-15-9)5-19-11-16-4-8(13)10(14)17-11/h2-4H,5H2,1H3,(H2,14,16,17). The van der Waals surface area contributed by atoms with Crippen molar-refractivity contribution in [2.24, 2.45) is 0 Å². The van der Waals surface area contributed by atoms with Crippen molar-refractivity contribution in [2.75, 3.05) is 12.8 Å². The maximum Gasteiger partial charge on any atom is 0.318 e. The first-order valence-electron chi connectivity index (χ1n) is 5.19. The molecule has 0 spiro atoms. The van der Waals surface area contributed by atoms with Crippen molar-refractivity contribution in [3.63, 3.8) is 0 Å². The van der Waals surface area contributed by atoms with Crippen LogP contribution >= 0.6 is 0 Å².